The second kappa shape index (κ2) is 17.8. The van der Waals surface area contributed by atoms with Crippen molar-refractivity contribution in [3.05, 3.63) is 0 Å². The van der Waals surface area contributed by atoms with Crippen molar-refractivity contribution in [3.63, 3.8) is 0 Å². The number of aliphatic hydroxyl groups excluding tert-OH is 2. The summed E-state index contributed by atoms with van der Waals surface area (Å²) in [6.45, 7) is 9.34. The molecule has 0 fully saturated rings. The summed E-state index contributed by atoms with van der Waals surface area (Å²) >= 11 is 0. The number of aliphatic hydroxyl groups is 2. The van der Waals surface area contributed by atoms with E-state index in [1.54, 1.807) is 0 Å². The molecule has 0 spiro atoms. The first-order valence-corrected chi connectivity index (χ1v) is 7.52. The van der Waals surface area contributed by atoms with Gasteiger partial charge in [0, 0.05) is 13.2 Å². The van der Waals surface area contributed by atoms with Gasteiger partial charge in [-0.3, -0.25) is 4.55 Å². The third-order valence-corrected chi connectivity index (χ3v) is 1.90. The van der Waals surface area contributed by atoms with Gasteiger partial charge in [0.2, 0.25) is 0 Å². The van der Waals surface area contributed by atoms with Crippen LogP contribution in [0.5, 0.6) is 0 Å². The molecule has 0 unspecified atom stereocenters. The van der Waals surface area contributed by atoms with Crippen LogP contribution in [0.2, 0.25) is 0 Å². The molecule has 7 nitrogen and oxygen atoms in total. The highest BCUT2D eigenvalue weighted by Gasteiger charge is 2.03. The van der Waals surface area contributed by atoms with E-state index in [0.717, 1.165) is 13.2 Å². The van der Waals surface area contributed by atoms with Gasteiger partial charge in [-0.1, -0.05) is 13.8 Å². The van der Waals surface area contributed by atoms with Crippen LogP contribution >= 0.6 is 0 Å². The van der Waals surface area contributed by atoms with E-state index in [1.807, 2.05) is 27.7 Å². The molecule has 0 atom stereocenters. The Kier molecular flexibility index (Phi) is 22.2. The monoisotopic (exact) mass is 304 g/mol. The maximum absolute atomic E-state index is 9.95. The van der Waals surface area contributed by atoms with Crippen LogP contribution in [0, 0.1) is 5.92 Å². The minimum absolute atomic E-state index is 0.0521. The van der Waals surface area contributed by atoms with E-state index in [4.69, 9.17) is 19.5 Å². The van der Waals surface area contributed by atoms with Crippen molar-refractivity contribution in [2.75, 3.05) is 33.0 Å². The van der Waals surface area contributed by atoms with E-state index in [-0.39, 0.29) is 19.8 Å². The Bertz CT molecular complexity index is 235. The number of rotatable bonds is 7. The molecular weight excluding hydrogens is 276 g/mol. The number of hydrogen-bond acceptors (Lipinski definition) is 6. The molecule has 0 saturated carbocycles. The first-order valence-electron chi connectivity index (χ1n) is 6.16. The molecule has 0 aromatic rings. The minimum atomic E-state index is -4.22. The van der Waals surface area contributed by atoms with Crippen LogP contribution in [0.1, 0.15) is 34.1 Å². The Balaban J connectivity index is -0.000000238. The van der Waals surface area contributed by atoms with Gasteiger partial charge in [0.05, 0.1) is 19.8 Å². The molecular formula is C11H28O7S. The van der Waals surface area contributed by atoms with Crippen molar-refractivity contribution in [1.29, 1.82) is 0 Å². The third-order valence-electron chi connectivity index (χ3n) is 1.44. The summed E-state index contributed by atoms with van der Waals surface area (Å²) in [7, 11) is -4.22. The van der Waals surface area contributed by atoms with Crippen molar-refractivity contribution in [3.8, 4) is 0 Å². The third kappa shape index (κ3) is 46.3. The lowest BCUT2D eigenvalue weighted by Crippen LogP contribution is -2.06. The lowest BCUT2D eigenvalue weighted by atomic mass is 10.2. The first-order chi connectivity index (χ1) is 8.74. The second-order valence-electron chi connectivity index (χ2n) is 3.66. The van der Waals surface area contributed by atoms with Crippen molar-refractivity contribution >= 4 is 10.4 Å². The fourth-order valence-corrected chi connectivity index (χ4v) is 0.900. The van der Waals surface area contributed by atoms with E-state index >= 15 is 0 Å². The van der Waals surface area contributed by atoms with Crippen LogP contribution < -0.4 is 0 Å². The summed E-state index contributed by atoms with van der Waals surface area (Å²) in [5, 5.41) is 15.2. The number of ether oxygens (including phenoxy) is 1. The molecule has 0 heterocycles. The van der Waals surface area contributed by atoms with Crippen LogP contribution in [0.4, 0.5) is 0 Å². The van der Waals surface area contributed by atoms with Gasteiger partial charge in [-0.25, -0.2) is 4.18 Å². The average Bonchev–Trinajstić information content (AvgIpc) is 2.29. The predicted octanol–water partition coefficient (Wildman–Crippen LogP) is 0.866. The SMILES string of the molecule is CC(C)CCOS(=O)(=O)O.CCOCC.OCCO. The standard InChI is InChI=1S/C5H12O4S.C4H10O.C2H6O2/c1-5(2)3-4-9-10(6,7)8;1-3-5-4-2;3-1-2-4/h5H,3-4H2,1-2H3,(H,6,7,8);3-4H2,1-2H3;3-4H,1-2H2. The van der Waals surface area contributed by atoms with Gasteiger partial charge in [0.25, 0.3) is 0 Å². The summed E-state index contributed by atoms with van der Waals surface area (Å²) in [4.78, 5) is 0. The first kappa shape index (κ1) is 23.8. The Morgan fingerprint density at radius 3 is 1.63 bits per heavy atom. The fourth-order valence-electron chi connectivity index (χ4n) is 0.593. The molecule has 120 valence electrons. The van der Waals surface area contributed by atoms with Gasteiger partial charge in [0.15, 0.2) is 0 Å². The molecule has 0 saturated heterocycles. The Morgan fingerprint density at radius 2 is 1.47 bits per heavy atom. The zero-order valence-electron chi connectivity index (χ0n) is 12.2. The molecule has 0 radical (unpaired) electrons. The Labute approximate surface area is 116 Å². The maximum Gasteiger partial charge on any atom is 0.397 e. The Hall–Kier alpha value is -0.250. The topological polar surface area (TPSA) is 113 Å². The molecule has 0 aliphatic heterocycles. The molecule has 8 heteroatoms. The van der Waals surface area contributed by atoms with E-state index in [9.17, 15) is 8.42 Å². The van der Waals surface area contributed by atoms with E-state index < -0.39 is 10.4 Å². The maximum atomic E-state index is 9.95. The van der Waals surface area contributed by atoms with Crippen molar-refractivity contribution in [1.82, 2.24) is 0 Å². The normalized spacial score (nSPS) is 10.3. The Morgan fingerprint density at radius 1 is 1.05 bits per heavy atom. The van der Waals surface area contributed by atoms with Crippen LogP contribution in [0.15, 0.2) is 0 Å². The molecule has 0 aromatic carbocycles. The van der Waals surface area contributed by atoms with Gasteiger partial charge < -0.3 is 14.9 Å². The smallest absolute Gasteiger partial charge is 0.394 e. The lowest BCUT2D eigenvalue weighted by Gasteiger charge is -2.01. The summed E-state index contributed by atoms with van der Waals surface area (Å²) in [5.41, 5.74) is 0. The molecule has 0 aliphatic rings. The van der Waals surface area contributed by atoms with Crippen molar-refractivity contribution < 1.29 is 32.1 Å². The fraction of sp³-hybridized carbons (Fsp3) is 1.00. The van der Waals surface area contributed by atoms with Gasteiger partial charge in [0.1, 0.15) is 0 Å². The van der Waals surface area contributed by atoms with Crippen molar-refractivity contribution in [2.45, 2.75) is 34.1 Å². The quantitative estimate of drug-likeness (QED) is 0.598. The summed E-state index contributed by atoms with van der Waals surface area (Å²) < 4.78 is 36.9. The van der Waals surface area contributed by atoms with Crippen LogP contribution in [0.25, 0.3) is 0 Å². The van der Waals surface area contributed by atoms with Crippen LogP contribution in [0.3, 0.4) is 0 Å². The van der Waals surface area contributed by atoms with E-state index in [2.05, 4.69) is 4.18 Å². The predicted molar refractivity (Wildman–Crippen MR) is 73.3 cm³/mol. The molecule has 3 N–H and O–H groups in total. The van der Waals surface area contributed by atoms with Gasteiger partial charge in [-0.15, -0.1) is 0 Å². The molecule has 0 rings (SSSR count). The van der Waals surface area contributed by atoms with Gasteiger partial charge in [-0.2, -0.15) is 8.42 Å². The second-order valence-corrected chi connectivity index (χ2v) is 4.75. The zero-order chi connectivity index (χ0) is 15.7. The lowest BCUT2D eigenvalue weighted by molar-refractivity contribution is 0.162. The molecule has 0 bridgehead atoms. The van der Waals surface area contributed by atoms with Crippen molar-refractivity contribution in [2.24, 2.45) is 5.92 Å². The molecule has 0 amide bonds. The van der Waals surface area contributed by atoms with E-state index in [0.29, 0.717) is 12.3 Å². The summed E-state index contributed by atoms with van der Waals surface area (Å²) in [6.07, 6.45) is 0.625. The largest absolute Gasteiger partial charge is 0.397 e. The highest BCUT2D eigenvalue weighted by atomic mass is 32.3. The highest BCUT2D eigenvalue weighted by molar-refractivity contribution is 7.80. The highest BCUT2D eigenvalue weighted by Crippen LogP contribution is 2.00. The van der Waals surface area contributed by atoms with Gasteiger partial charge in [-0.05, 0) is 26.2 Å². The van der Waals surface area contributed by atoms with E-state index in [1.165, 1.54) is 0 Å². The van der Waals surface area contributed by atoms with Crippen LogP contribution in [-0.2, 0) is 19.3 Å². The van der Waals surface area contributed by atoms with Gasteiger partial charge >= 0.3 is 10.4 Å². The number of hydrogen-bond donors (Lipinski definition) is 3. The molecule has 0 aromatic heterocycles. The molecule has 19 heavy (non-hydrogen) atoms. The minimum Gasteiger partial charge on any atom is -0.394 e. The van der Waals surface area contributed by atoms with Crippen LogP contribution in [-0.4, -0.2) is 56.2 Å². The summed E-state index contributed by atoms with van der Waals surface area (Å²) in [5.74, 6) is 0.377. The molecule has 0 aliphatic carbocycles. The summed E-state index contributed by atoms with van der Waals surface area (Å²) in [6, 6.07) is 0. The average molecular weight is 304 g/mol. The zero-order valence-corrected chi connectivity index (χ0v) is 13.0.